The molecule has 0 atom stereocenters. The molecule has 1 heterocycles. The van der Waals surface area contributed by atoms with Gasteiger partial charge in [-0.25, -0.2) is 9.37 Å². The Kier molecular flexibility index (Phi) is 3.01. The van der Waals surface area contributed by atoms with E-state index in [1.807, 2.05) is 24.6 Å². The minimum atomic E-state index is -0.235. The van der Waals surface area contributed by atoms with Gasteiger partial charge in [-0.1, -0.05) is 6.07 Å². The molecule has 3 nitrogen and oxygen atoms in total. The van der Waals surface area contributed by atoms with E-state index in [1.165, 1.54) is 12.1 Å². The average Bonchev–Trinajstić information content (AvgIpc) is 2.60. The third-order valence-corrected chi connectivity index (χ3v) is 2.41. The lowest BCUT2D eigenvalue weighted by molar-refractivity contribution is 0.625. The monoisotopic (exact) mass is 219 g/mol. The molecule has 0 aliphatic rings. The topological polar surface area (TPSA) is 29.9 Å². The number of nitrogens with zero attached hydrogens (tertiary/aromatic N) is 2. The lowest BCUT2D eigenvalue weighted by Gasteiger charge is -2.09. The molecule has 1 N–H and O–H groups in total. The fourth-order valence-corrected chi connectivity index (χ4v) is 1.74. The van der Waals surface area contributed by atoms with Crippen molar-refractivity contribution in [2.75, 3.05) is 7.05 Å². The molecule has 0 bridgehead atoms. The van der Waals surface area contributed by atoms with Gasteiger partial charge in [0.1, 0.15) is 11.6 Å². The van der Waals surface area contributed by atoms with Gasteiger partial charge in [0.05, 0.1) is 6.54 Å². The Morgan fingerprint density at radius 3 is 2.94 bits per heavy atom. The summed E-state index contributed by atoms with van der Waals surface area (Å²) in [4.78, 5) is 4.29. The van der Waals surface area contributed by atoms with Gasteiger partial charge in [0.2, 0.25) is 0 Å². The van der Waals surface area contributed by atoms with Gasteiger partial charge >= 0.3 is 0 Å². The van der Waals surface area contributed by atoms with Crippen LogP contribution in [-0.4, -0.2) is 16.6 Å². The van der Waals surface area contributed by atoms with E-state index in [0.29, 0.717) is 6.54 Å². The molecule has 2 rings (SSSR count). The van der Waals surface area contributed by atoms with Gasteiger partial charge in [0.15, 0.2) is 0 Å². The Morgan fingerprint density at radius 1 is 1.44 bits per heavy atom. The van der Waals surface area contributed by atoms with Gasteiger partial charge in [0.25, 0.3) is 0 Å². The van der Waals surface area contributed by atoms with E-state index in [2.05, 4.69) is 10.3 Å². The molecule has 0 saturated heterocycles. The molecular weight excluding hydrogens is 205 g/mol. The van der Waals surface area contributed by atoms with Crippen LogP contribution in [0, 0.1) is 12.7 Å². The molecule has 0 radical (unpaired) electrons. The van der Waals surface area contributed by atoms with Crippen LogP contribution >= 0.6 is 0 Å². The second-order valence-electron chi connectivity index (χ2n) is 3.66. The van der Waals surface area contributed by atoms with Crippen LogP contribution in [0.1, 0.15) is 11.5 Å². The van der Waals surface area contributed by atoms with Crippen LogP contribution in [0.2, 0.25) is 0 Å². The number of aromatic nitrogens is 2. The van der Waals surface area contributed by atoms with Crippen molar-refractivity contribution in [3.63, 3.8) is 0 Å². The maximum Gasteiger partial charge on any atom is 0.127 e. The Hall–Kier alpha value is -1.68. The van der Waals surface area contributed by atoms with Gasteiger partial charge in [-0.05, 0) is 32.2 Å². The van der Waals surface area contributed by atoms with E-state index in [0.717, 1.165) is 17.2 Å². The number of nitrogens with one attached hydrogen (secondary N) is 1. The van der Waals surface area contributed by atoms with Crippen molar-refractivity contribution in [1.82, 2.24) is 14.9 Å². The zero-order chi connectivity index (χ0) is 11.5. The first kappa shape index (κ1) is 10.8. The highest BCUT2D eigenvalue weighted by molar-refractivity contribution is 5.35. The number of benzene rings is 1. The summed E-state index contributed by atoms with van der Waals surface area (Å²) in [5.41, 5.74) is 1.80. The van der Waals surface area contributed by atoms with Crippen LogP contribution < -0.4 is 5.32 Å². The zero-order valence-corrected chi connectivity index (χ0v) is 9.37. The van der Waals surface area contributed by atoms with E-state index in [9.17, 15) is 4.39 Å². The Bertz CT molecular complexity index is 491. The minimum absolute atomic E-state index is 0.235. The summed E-state index contributed by atoms with van der Waals surface area (Å²) >= 11 is 0. The van der Waals surface area contributed by atoms with E-state index in [4.69, 9.17) is 0 Å². The third-order valence-electron chi connectivity index (χ3n) is 2.41. The van der Waals surface area contributed by atoms with Crippen LogP contribution in [0.15, 0.2) is 30.5 Å². The average molecular weight is 219 g/mol. The maximum absolute atomic E-state index is 13.2. The van der Waals surface area contributed by atoms with E-state index < -0.39 is 0 Å². The molecule has 0 unspecified atom stereocenters. The molecule has 84 valence electrons. The van der Waals surface area contributed by atoms with Gasteiger partial charge in [0, 0.05) is 17.6 Å². The molecule has 4 heteroatoms. The summed E-state index contributed by atoms with van der Waals surface area (Å²) in [5, 5.41) is 3.05. The van der Waals surface area contributed by atoms with Crippen molar-refractivity contribution in [2.24, 2.45) is 0 Å². The number of imidazole rings is 1. The summed E-state index contributed by atoms with van der Waals surface area (Å²) in [6.07, 6.45) is 1.79. The normalized spacial score (nSPS) is 10.7. The van der Waals surface area contributed by atoms with E-state index in [1.54, 1.807) is 12.3 Å². The van der Waals surface area contributed by atoms with Crippen molar-refractivity contribution < 1.29 is 4.39 Å². The van der Waals surface area contributed by atoms with Gasteiger partial charge < -0.3 is 5.32 Å². The van der Waals surface area contributed by atoms with Gasteiger partial charge in [-0.3, -0.25) is 4.57 Å². The summed E-state index contributed by atoms with van der Waals surface area (Å²) in [7, 11) is 1.86. The second kappa shape index (κ2) is 4.45. The molecule has 1 aromatic carbocycles. The number of hydrogen-bond donors (Lipinski definition) is 1. The molecule has 16 heavy (non-hydrogen) atoms. The third kappa shape index (κ3) is 1.97. The molecule has 0 aliphatic carbocycles. The molecule has 2 aromatic rings. The second-order valence-corrected chi connectivity index (χ2v) is 3.66. The highest BCUT2D eigenvalue weighted by atomic mass is 19.1. The number of halogens is 1. The Labute approximate surface area is 93.9 Å². The number of aryl methyl sites for hydroxylation is 1. The molecule has 0 aliphatic heterocycles. The van der Waals surface area contributed by atoms with E-state index in [-0.39, 0.29) is 5.82 Å². The van der Waals surface area contributed by atoms with Gasteiger partial charge in [-0.15, -0.1) is 0 Å². The Balaban J connectivity index is 2.50. The van der Waals surface area contributed by atoms with Crippen LogP contribution in [-0.2, 0) is 6.54 Å². The van der Waals surface area contributed by atoms with Crippen LogP contribution in [0.3, 0.4) is 0 Å². The molecule has 0 saturated carbocycles. The standard InChI is InChI=1S/C12H14FN3/c1-9-7-15-12(8-14-2)16(9)11-5-3-4-10(13)6-11/h3-7,14H,8H2,1-2H3. The smallest absolute Gasteiger partial charge is 0.127 e. The fourth-order valence-electron chi connectivity index (χ4n) is 1.74. The van der Waals surface area contributed by atoms with E-state index >= 15 is 0 Å². The van der Waals surface area contributed by atoms with Crippen molar-refractivity contribution in [3.8, 4) is 5.69 Å². The van der Waals surface area contributed by atoms with Gasteiger partial charge in [-0.2, -0.15) is 0 Å². The van der Waals surface area contributed by atoms with Crippen molar-refractivity contribution in [1.29, 1.82) is 0 Å². The fraction of sp³-hybridized carbons (Fsp3) is 0.250. The summed E-state index contributed by atoms with van der Waals surface area (Å²) in [5.74, 6) is 0.645. The highest BCUT2D eigenvalue weighted by Gasteiger charge is 2.08. The van der Waals surface area contributed by atoms with Crippen LogP contribution in [0.4, 0.5) is 4.39 Å². The molecule has 0 spiro atoms. The van der Waals surface area contributed by atoms with Crippen molar-refractivity contribution in [2.45, 2.75) is 13.5 Å². The zero-order valence-electron chi connectivity index (χ0n) is 9.37. The first-order valence-electron chi connectivity index (χ1n) is 5.16. The summed E-state index contributed by atoms with van der Waals surface area (Å²) < 4.78 is 15.1. The van der Waals surface area contributed by atoms with Crippen LogP contribution in [0.25, 0.3) is 5.69 Å². The largest absolute Gasteiger partial charge is 0.313 e. The summed E-state index contributed by atoms with van der Waals surface area (Å²) in [6.45, 7) is 2.61. The minimum Gasteiger partial charge on any atom is -0.313 e. The first-order valence-corrected chi connectivity index (χ1v) is 5.16. The molecule has 1 aromatic heterocycles. The first-order chi connectivity index (χ1) is 7.72. The highest BCUT2D eigenvalue weighted by Crippen LogP contribution is 2.15. The lowest BCUT2D eigenvalue weighted by atomic mass is 10.3. The SMILES string of the molecule is CNCc1ncc(C)n1-c1cccc(F)c1. The lowest BCUT2D eigenvalue weighted by Crippen LogP contribution is -2.12. The number of hydrogen-bond acceptors (Lipinski definition) is 2. The number of rotatable bonds is 3. The summed E-state index contributed by atoms with van der Waals surface area (Å²) in [6, 6.07) is 6.52. The maximum atomic E-state index is 13.2. The van der Waals surface area contributed by atoms with Crippen molar-refractivity contribution in [3.05, 3.63) is 47.8 Å². The quantitative estimate of drug-likeness (QED) is 0.856. The van der Waals surface area contributed by atoms with Crippen LogP contribution in [0.5, 0.6) is 0 Å². The molecule has 0 amide bonds. The predicted octanol–water partition coefficient (Wildman–Crippen LogP) is 2.04. The predicted molar refractivity (Wildman–Crippen MR) is 61.0 cm³/mol. The Morgan fingerprint density at radius 2 is 2.25 bits per heavy atom. The molecule has 0 fully saturated rings. The van der Waals surface area contributed by atoms with Crippen molar-refractivity contribution >= 4 is 0 Å². The molecular formula is C12H14FN3.